The lowest BCUT2D eigenvalue weighted by Gasteiger charge is -2.25. The van der Waals surface area contributed by atoms with Crippen molar-refractivity contribution in [1.29, 1.82) is 0 Å². The van der Waals surface area contributed by atoms with Crippen LogP contribution in [0, 0.1) is 11.8 Å². The van der Waals surface area contributed by atoms with Gasteiger partial charge in [-0.3, -0.25) is 0 Å². The van der Waals surface area contributed by atoms with Gasteiger partial charge in [0.15, 0.2) is 0 Å². The Morgan fingerprint density at radius 3 is 2.56 bits per heavy atom. The molecule has 2 unspecified atom stereocenters. The fourth-order valence-electron chi connectivity index (χ4n) is 2.35. The van der Waals surface area contributed by atoms with Gasteiger partial charge in [0, 0.05) is 15.0 Å². The molecule has 0 radical (unpaired) electrons. The molecule has 0 amide bonds. The Kier molecular flexibility index (Phi) is 4.09. The molecule has 1 aromatic carbocycles. The van der Waals surface area contributed by atoms with Crippen molar-refractivity contribution >= 4 is 31.9 Å². The topological polar surface area (TPSA) is 12.0 Å². The van der Waals surface area contributed by atoms with Crippen molar-refractivity contribution in [1.82, 2.24) is 5.32 Å². The van der Waals surface area contributed by atoms with Crippen LogP contribution in [-0.4, -0.2) is 7.05 Å². The molecule has 2 atom stereocenters. The van der Waals surface area contributed by atoms with Crippen LogP contribution in [0.1, 0.15) is 31.4 Å². The summed E-state index contributed by atoms with van der Waals surface area (Å²) >= 11 is 7.20. The van der Waals surface area contributed by atoms with Crippen molar-refractivity contribution in [3.05, 3.63) is 32.7 Å². The molecule has 1 nitrogen and oxygen atoms in total. The smallest absolute Gasteiger partial charge is 0.0357 e. The highest BCUT2D eigenvalue weighted by atomic mass is 79.9. The van der Waals surface area contributed by atoms with Crippen molar-refractivity contribution in [3.8, 4) is 0 Å². The predicted octanol–water partition coefficient (Wildman–Crippen LogP) is 4.52. The van der Waals surface area contributed by atoms with Gasteiger partial charge in [0.2, 0.25) is 0 Å². The second-order valence-corrected chi connectivity index (χ2v) is 6.40. The van der Waals surface area contributed by atoms with E-state index in [1.807, 2.05) is 0 Å². The van der Waals surface area contributed by atoms with Crippen LogP contribution in [0.25, 0.3) is 0 Å². The van der Waals surface area contributed by atoms with Crippen LogP contribution in [0.15, 0.2) is 27.1 Å². The molecule has 1 saturated carbocycles. The summed E-state index contributed by atoms with van der Waals surface area (Å²) in [5, 5.41) is 3.46. The molecule has 0 aromatic heterocycles. The minimum atomic E-state index is 0.444. The van der Waals surface area contributed by atoms with E-state index in [2.05, 4.69) is 69.3 Å². The quantitative estimate of drug-likeness (QED) is 0.845. The minimum Gasteiger partial charge on any atom is -0.313 e. The molecule has 16 heavy (non-hydrogen) atoms. The molecule has 3 heteroatoms. The number of hydrogen-bond donors (Lipinski definition) is 1. The molecule has 1 aliphatic rings. The fourth-order valence-corrected chi connectivity index (χ4v) is 3.22. The van der Waals surface area contributed by atoms with E-state index in [0.717, 1.165) is 10.4 Å². The number of hydrogen-bond acceptors (Lipinski definition) is 1. The van der Waals surface area contributed by atoms with Crippen molar-refractivity contribution in [2.24, 2.45) is 11.8 Å². The normalized spacial score (nSPS) is 19.5. The maximum absolute atomic E-state index is 3.65. The van der Waals surface area contributed by atoms with E-state index in [9.17, 15) is 0 Å². The van der Waals surface area contributed by atoms with Gasteiger partial charge in [-0.2, -0.15) is 0 Å². The first kappa shape index (κ1) is 12.6. The summed E-state index contributed by atoms with van der Waals surface area (Å²) in [6.45, 7) is 2.35. The van der Waals surface area contributed by atoms with Gasteiger partial charge in [0.1, 0.15) is 0 Å². The minimum absolute atomic E-state index is 0.444. The first-order valence-electron chi connectivity index (χ1n) is 5.75. The highest BCUT2D eigenvalue weighted by Crippen LogP contribution is 2.44. The SMILES string of the molecule is CNC(c1cc(Br)ccc1Br)C(C)C1CC1. The van der Waals surface area contributed by atoms with Crippen LogP contribution in [0.3, 0.4) is 0 Å². The van der Waals surface area contributed by atoms with Crippen LogP contribution < -0.4 is 5.32 Å². The van der Waals surface area contributed by atoms with E-state index >= 15 is 0 Å². The highest BCUT2D eigenvalue weighted by molar-refractivity contribution is 9.11. The van der Waals surface area contributed by atoms with Gasteiger partial charge in [-0.25, -0.2) is 0 Å². The Labute approximate surface area is 114 Å². The summed E-state index contributed by atoms with van der Waals surface area (Å²) in [6.07, 6.45) is 2.79. The first-order valence-corrected chi connectivity index (χ1v) is 7.34. The monoisotopic (exact) mass is 345 g/mol. The van der Waals surface area contributed by atoms with Crippen molar-refractivity contribution in [2.75, 3.05) is 7.05 Å². The molecule has 1 aliphatic carbocycles. The molecular formula is C13H17Br2N. The molecule has 1 fully saturated rings. The average molecular weight is 347 g/mol. The summed E-state index contributed by atoms with van der Waals surface area (Å²) in [6, 6.07) is 6.84. The van der Waals surface area contributed by atoms with Gasteiger partial charge in [-0.15, -0.1) is 0 Å². The van der Waals surface area contributed by atoms with Crippen molar-refractivity contribution < 1.29 is 0 Å². The highest BCUT2D eigenvalue weighted by Gasteiger charge is 2.33. The molecule has 88 valence electrons. The number of halogens is 2. The lowest BCUT2D eigenvalue weighted by Crippen LogP contribution is -2.25. The maximum Gasteiger partial charge on any atom is 0.0357 e. The standard InChI is InChI=1S/C13H17Br2N/c1-8(9-3-4-9)13(16-2)11-7-10(14)5-6-12(11)15/h5-9,13,16H,3-4H2,1-2H3. The van der Waals surface area contributed by atoms with E-state index in [4.69, 9.17) is 0 Å². The number of rotatable bonds is 4. The van der Waals surface area contributed by atoms with E-state index in [0.29, 0.717) is 12.0 Å². The van der Waals surface area contributed by atoms with Crippen LogP contribution >= 0.6 is 31.9 Å². The molecule has 0 saturated heterocycles. The zero-order valence-corrected chi connectivity index (χ0v) is 12.8. The van der Waals surface area contributed by atoms with Crippen LogP contribution in [0.2, 0.25) is 0 Å². The van der Waals surface area contributed by atoms with Gasteiger partial charge >= 0.3 is 0 Å². The summed E-state index contributed by atoms with van der Waals surface area (Å²) in [5.74, 6) is 1.61. The van der Waals surface area contributed by atoms with Crippen molar-refractivity contribution in [3.63, 3.8) is 0 Å². The maximum atomic E-state index is 3.65. The predicted molar refractivity (Wildman–Crippen MR) is 75.5 cm³/mol. The fraction of sp³-hybridized carbons (Fsp3) is 0.538. The first-order chi connectivity index (χ1) is 7.63. The third-order valence-corrected chi connectivity index (χ3v) is 4.71. The molecule has 2 rings (SSSR count). The summed E-state index contributed by atoms with van der Waals surface area (Å²) in [7, 11) is 2.05. The second-order valence-electron chi connectivity index (χ2n) is 4.63. The Bertz CT molecular complexity index is 374. The second kappa shape index (κ2) is 5.19. The van der Waals surface area contributed by atoms with Gasteiger partial charge in [-0.05, 0) is 55.5 Å². The molecular weight excluding hydrogens is 330 g/mol. The number of nitrogens with one attached hydrogen (secondary N) is 1. The number of benzene rings is 1. The van der Waals surface area contributed by atoms with Gasteiger partial charge < -0.3 is 5.32 Å². The Morgan fingerprint density at radius 2 is 2.00 bits per heavy atom. The van der Waals surface area contributed by atoms with Crippen LogP contribution in [0.5, 0.6) is 0 Å². The lowest BCUT2D eigenvalue weighted by atomic mass is 9.91. The molecule has 1 N–H and O–H groups in total. The summed E-state index contributed by atoms with van der Waals surface area (Å²) in [4.78, 5) is 0. The van der Waals surface area contributed by atoms with E-state index in [1.54, 1.807) is 0 Å². The largest absolute Gasteiger partial charge is 0.313 e. The lowest BCUT2D eigenvalue weighted by molar-refractivity contribution is 0.368. The van der Waals surface area contributed by atoms with E-state index in [-0.39, 0.29) is 0 Å². The Hall–Kier alpha value is 0.140. The van der Waals surface area contributed by atoms with Gasteiger partial charge in [0.25, 0.3) is 0 Å². The summed E-state index contributed by atoms with van der Waals surface area (Å²) < 4.78 is 2.34. The third-order valence-electron chi connectivity index (χ3n) is 3.50. The van der Waals surface area contributed by atoms with Crippen molar-refractivity contribution in [2.45, 2.75) is 25.8 Å². The molecule has 0 bridgehead atoms. The molecule has 0 aliphatic heterocycles. The Morgan fingerprint density at radius 1 is 1.31 bits per heavy atom. The zero-order valence-electron chi connectivity index (χ0n) is 9.63. The molecule has 0 heterocycles. The molecule has 0 spiro atoms. The summed E-state index contributed by atoms with van der Waals surface area (Å²) in [5.41, 5.74) is 1.36. The van der Waals surface area contributed by atoms with Crippen LogP contribution in [-0.2, 0) is 0 Å². The zero-order chi connectivity index (χ0) is 11.7. The van der Waals surface area contributed by atoms with Gasteiger partial charge in [-0.1, -0.05) is 38.8 Å². The average Bonchev–Trinajstić information content (AvgIpc) is 3.07. The Balaban J connectivity index is 2.27. The van der Waals surface area contributed by atoms with Crippen LogP contribution in [0.4, 0.5) is 0 Å². The van der Waals surface area contributed by atoms with Gasteiger partial charge in [0.05, 0.1) is 0 Å². The molecule has 1 aromatic rings. The third kappa shape index (κ3) is 2.69. The van der Waals surface area contributed by atoms with E-state index < -0.39 is 0 Å². The van der Waals surface area contributed by atoms with E-state index in [1.165, 1.54) is 22.9 Å².